The number of aromatic nitrogens is 2. The molecule has 2 aromatic rings. The molecule has 0 spiro atoms. The highest BCUT2D eigenvalue weighted by atomic mass is 32.2. The highest BCUT2D eigenvalue weighted by Gasteiger charge is 2.19. The second-order valence-corrected chi connectivity index (χ2v) is 5.21. The lowest BCUT2D eigenvalue weighted by Crippen LogP contribution is -2.14. The number of halogens is 1. The molecule has 0 aliphatic carbocycles. The van der Waals surface area contributed by atoms with Crippen molar-refractivity contribution < 1.29 is 22.7 Å². The Bertz CT molecular complexity index is 712. The molecule has 2 rings (SSSR count). The molecule has 0 atom stereocenters. The second-order valence-electron chi connectivity index (χ2n) is 3.52. The van der Waals surface area contributed by atoms with Crippen molar-refractivity contribution in [2.24, 2.45) is 0 Å². The highest BCUT2D eigenvalue weighted by molar-refractivity contribution is 7.92. The van der Waals surface area contributed by atoms with Crippen LogP contribution in [-0.4, -0.2) is 29.7 Å². The fourth-order valence-corrected chi connectivity index (χ4v) is 2.39. The molecule has 1 aromatic carbocycles. The third-order valence-electron chi connectivity index (χ3n) is 2.22. The van der Waals surface area contributed by atoms with E-state index in [2.05, 4.69) is 14.9 Å². The van der Waals surface area contributed by atoms with Crippen LogP contribution in [0.4, 0.5) is 10.2 Å². The number of rotatable bonds is 4. The van der Waals surface area contributed by atoms with E-state index >= 15 is 0 Å². The Morgan fingerprint density at radius 3 is 2.68 bits per heavy atom. The number of carboxylic acids is 1. The minimum atomic E-state index is -4.01. The lowest BCUT2D eigenvalue weighted by molar-refractivity contribution is 0.0691. The van der Waals surface area contributed by atoms with Gasteiger partial charge in [0.15, 0.2) is 0 Å². The first kappa shape index (κ1) is 13.0. The number of nitrogens with one attached hydrogen (secondary N) is 2. The maximum Gasteiger partial charge on any atom is 0.338 e. The van der Waals surface area contributed by atoms with Crippen molar-refractivity contribution in [2.75, 3.05) is 4.72 Å². The lowest BCUT2D eigenvalue weighted by Gasteiger charge is -2.07. The van der Waals surface area contributed by atoms with Crippen LogP contribution in [0.3, 0.4) is 0 Å². The zero-order valence-corrected chi connectivity index (χ0v) is 10.1. The van der Waals surface area contributed by atoms with Crippen LogP contribution in [0, 0.1) is 5.82 Å². The smallest absolute Gasteiger partial charge is 0.338 e. The van der Waals surface area contributed by atoms with E-state index in [0.717, 1.165) is 18.2 Å². The van der Waals surface area contributed by atoms with Crippen LogP contribution in [0.5, 0.6) is 0 Å². The number of aromatic amines is 1. The van der Waals surface area contributed by atoms with Crippen LogP contribution < -0.4 is 4.72 Å². The summed E-state index contributed by atoms with van der Waals surface area (Å²) in [5, 5.41) is 14.7. The fourth-order valence-electron chi connectivity index (χ4n) is 1.35. The summed E-state index contributed by atoms with van der Waals surface area (Å²) in [5.74, 6) is -2.44. The van der Waals surface area contributed by atoms with Gasteiger partial charge in [-0.05, 0) is 18.2 Å². The van der Waals surface area contributed by atoms with Crippen LogP contribution in [0.25, 0.3) is 0 Å². The summed E-state index contributed by atoms with van der Waals surface area (Å²) in [7, 11) is -4.01. The van der Waals surface area contributed by atoms with Crippen molar-refractivity contribution in [3.8, 4) is 0 Å². The molecule has 100 valence electrons. The van der Waals surface area contributed by atoms with Gasteiger partial charge in [0, 0.05) is 6.07 Å². The van der Waals surface area contributed by atoms with Crippen molar-refractivity contribution in [2.45, 2.75) is 4.90 Å². The van der Waals surface area contributed by atoms with E-state index in [0.29, 0.717) is 0 Å². The zero-order chi connectivity index (χ0) is 14.0. The zero-order valence-electron chi connectivity index (χ0n) is 9.29. The van der Waals surface area contributed by atoms with Gasteiger partial charge in [0.05, 0.1) is 16.7 Å². The van der Waals surface area contributed by atoms with Crippen molar-refractivity contribution in [3.63, 3.8) is 0 Å². The van der Waals surface area contributed by atoms with E-state index in [9.17, 15) is 17.6 Å². The normalized spacial score (nSPS) is 11.2. The fraction of sp³-hybridized carbons (Fsp3) is 0. The average Bonchev–Trinajstić information content (AvgIpc) is 2.80. The summed E-state index contributed by atoms with van der Waals surface area (Å²) < 4.78 is 39.1. The number of sulfonamides is 1. The van der Waals surface area contributed by atoms with Gasteiger partial charge in [-0.2, -0.15) is 5.10 Å². The van der Waals surface area contributed by atoms with E-state index in [4.69, 9.17) is 5.11 Å². The minimum absolute atomic E-state index is 0.112. The molecule has 1 heterocycles. The SMILES string of the molecule is O=C(O)c1cc(S(=O)(=O)Nc2ccn[nH]2)ccc1F. The van der Waals surface area contributed by atoms with Crippen LogP contribution >= 0.6 is 0 Å². The maximum absolute atomic E-state index is 13.2. The van der Waals surface area contributed by atoms with E-state index in [1.54, 1.807) is 0 Å². The maximum atomic E-state index is 13.2. The van der Waals surface area contributed by atoms with Gasteiger partial charge < -0.3 is 5.11 Å². The number of hydrogen-bond donors (Lipinski definition) is 3. The first-order chi connectivity index (χ1) is 8.90. The Labute approximate surface area is 107 Å². The summed E-state index contributed by atoms with van der Waals surface area (Å²) in [6, 6.07) is 3.88. The van der Waals surface area contributed by atoms with Gasteiger partial charge >= 0.3 is 5.97 Å². The quantitative estimate of drug-likeness (QED) is 0.777. The van der Waals surface area contributed by atoms with Gasteiger partial charge in [0.2, 0.25) is 0 Å². The number of carbonyl (C=O) groups is 1. The summed E-state index contributed by atoms with van der Waals surface area (Å²) in [5.41, 5.74) is -0.715. The van der Waals surface area contributed by atoms with E-state index in [-0.39, 0.29) is 10.7 Å². The number of aromatic carboxylic acids is 1. The molecule has 19 heavy (non-hydrogen) atoms. The van der Waals surface area contributed by atoms with Gasteiger partial charge in [0.25, 0.3) is 10.0 Å². The van der Waals surface area contributed by atoms with Crippen LogP contribution in [-0.2, 0) is 10.0 Å². The highest BCUT2D eigenvalue weighted by Crippen LogP contribution is 2.17. The molecule has 0 unspecified atom stereocenters. The molecular formula is C10H8FN3O4S. The summed E-state index contributed by atoms with van der Waals surface area (Å²) in [6.45, 7) is 0. The number of hydrogen-bond acceptors (Lipinski definition) is 4. The number of H-pyrrole nitrogens is 1. The molecule has 0 bridgehead atoms. The molecule has 1 aromatic heterocycles. The molecule has 0 amide bonds. The number of benzene rings is 1. The van der Waals surface area contributed by atoms with Gasteiger partial charge in [-0.1, -0.05) is 0 Å². The molecule has 0 aliphatic rings. The molecule has 0 saturated heterocycles. The Balaban J connectivity index is 2.41. The van der Waals surface area contributed by atoms with E-state index in [1.165, 1.54) is 12.3 Å². The average molecular weight is 285 g/mol. The Morgan fingerprint density at radius 1 is 1.37 bits per heavy atom. The Morgan fingerprint density at radius 2 is 2.11 bits per heavy atom. The summed E-state index contributed by atoms with van der Waals surface area (Å²) >= 11 is 0. The van der Waals surface area contributed by atoms with Gasteiger partial charge in [-0.25, -0.2) is 17.6 Å². The van der Waals surface area contributed by atoms with E-state index in [1.807, 2.05) is 0 Å². The van der Waals surface area contributed by atoms with Crippen LogP contribution in [0.1, 0.15) is 10.4 Å². The lowest BCUT2D eigenvalue weighted by atomic mass is 10.2. The molecule has 7 nitrogen and oxygen atoms in total. The molecule has 0 fully saturated rings. The number of nitrogens with zero attached hydrogens (tertiary/aromatic N) is 1. The molecule has 0 radical (unpaired) electrons. The van der Waals surface area contributed by atoms with E-state index < -0.39 is 27.4 Å². The van der Waals surface area contributed by atoms with Gasteiger partial charge in [-0.3, -0.25) is 9.82 Å². The number of carboxylic acid groups (broad SMARTS) is 1. The van der Waals surface area contributed by atoms with Crippen LogP contribution in [0.15, 0.2) is 35.4 Å². The van der Waals surface area contributed by atoms with Crippen molar-refractivity contribution in [1.82, 2.24) is 10.2 Å². The molecular weight excluding hydrogens is 277 g/mol. The molecule has 0 aliphatic heterocycles. The Hall–Kier alpha value is -2.42. The number of anilines is 1. The van der Waals surface area contributed by atoms with Gasteiger partial charge in [-0.15, -0.1) is 0 Å². The molecule has 9 heteroatoms. The Kier molecular flexibility index (Phi) is 3.21. The predicted octanol–water partition coefficient (Wildman–Crippen LogP) is 1.05. The molecule has 0 saturated carbocycles. The van der Waals surface area contributed by atoms with Crippen LogP contribution in [0.2, 0.25) is 0 Å². The van der Waals surface area contributed by atoms with Crippen molar-refractivity contribution in [3.05, 3.63) is 41.8 Å². The predicted molar refractivity (Wildman–Crippen MR) is 62.8 cm³/mol. The topological polar surface area (TPSA) is 112 Å². The third kappa shape index (κ3) is 2.71. The first-order valence-electron chi connectivity index (χ1n) is 4.95. The monoisotopic (exact) mass is 285 g/mol. The standard InChI is InChI=1S/C10H8FN3O4S/c11-8-2-1-6(5-7(8)10(15)16)19(17,18)14-9-3-4-12-13-9/h1-5H,(H,15,16)(H2,12,13,14). The molecule has 3 N–H and O–H groups in total. The first-order valence-corrected chi connectivity index (χ1v) is 6.43. The van der Waals surface area contributed by atoms with Crippen molar-refractivity contribution >= 4 is 21.8 Å². The summed E-state index contributed by atoms with van der Waals surface area (Å²) in [4.78, 5) is 10.4. The minimum Gasteiger partial charge on any atom is -0.478 e. The third-order valence-corrected chi connectivity index (χ3v) is 3.59. The largest absolute Gasteiger partial charge is 0.478 e. The van der Waals surface area contributed by atoms with Crippen molar-refractivity contribution in [1.29, 1.82) is 0 Å². The van der Waals surface area contributed by atoms with Gasteiger partial charge in [0.1, 0.15) is 11.6 Å². The second kappa shape index (κ2) is 4.69. The summed E-state index contributed by atoms with van der Waals surface area (Å²) in [6.07, 6.45) is 1.34.